The third-order valence-corrected chi connectivity index (χ3v) is 4.61. The summed E-state index contributed by atoms with van der Waals surface area (Å²) < 4.78 is 11.2. The summed E-state index contributed by atoms with van der Waals surface area (Å²) in [5.74, 6) is 1.26. The molecule has 1 atom stereocenters. The molecule has 1 aliphatic heterocycles. The zero-order chi connectivity index (χ0) is 14.8. The molecule has 0 N–H and O–H groups in total. The van der Waals surface area contributed by atoms with Crippen LogP contribution in [0.4, 0.5) is 0 Å². The van der Waals surface area contributed by atoms with Crippen LogP contribution in [0.1, 0.15) is 37.6 Å². The molecule has 2 aliphatic rings. The minimum Gasteiger partial charge on any atom is -0.378 e. The molecule has 1 aliphatic carbocycles. The Labute approximate surface area is 129 Å². The summed E-state index contributed by atoms with van der Waals surface area (Å²) in [5.41, 5.74) is 0.877. The van der Waals surface area contributed by atoms with Gasteiger partial charge in [-0.15, -0.1) is 0 Å². The lowest BCUT2D eigenvalue weighted by Crippen LogP contribution is -2.44. The van der Waals surface area contributed by atoms with Crippen molar-refractivity contribution in [2.75, 3.05) is 19.8 Å². The summed E-state index contributed by atoms with van der Waals surface area (Å²) in [6, 6.07) is 4.52. The molecule has 6 heteroatoms. The van der Waals surface area contributed by atoms with Gasteiger partial charge in [-0.05, 0) is 25.0 Å². The Morgan fingerprint density at radius 3 is 2.95 bits per heavy atom. The molecule has 0 aromatic carbocycles. The van der Waals surface area contributed by atoms with Crippen LogP contribution in [-0.2, 0) is 4.74 Å². The molecule has 0 unspecified atom stereocenters. The first-order valence-electron chi connectivity index (χ1n) is 7.99. The van der Waals surface area contributed by atoms with Crippen molar-refractivity contribution in [3.8, 4) is 11.4 Å². The molecule has 1 saturated carbocycles. The fourth-order valence-corrected chi connectivity index (χ4v) is 3.49. The first kappa shape index (κ1) is 13.8. The van der Waals surface area contributed by atoms with Crippen LogP contribution in [0, 0.1) is 0 Å². The van der Waals surface area contributed by atoms with Gasteiger partial charge in [0.05, 0.1) is 13.2 Å². The quantitative estimate of drug-likeness (QED) is 0.867. The van der Waals surface area contributed by atoms with Gasteiger partial charge in [0.1, 0.15) is 6.04 Å². The predicted octanol–water partition coefficient (Wildman–Crippen LogP) is 2.45. The average Bonchev–Trinajstić information content (AvgIpc) is 3.28. The Kier molecular flexibility index (Phi) is 3.86. The number of rotatable bonds is 3. The maximum absolute atomic E-state index is 5.66. The molecule has 4 rings (SSSR count). The van der Waals surface area contributed by atoms with E-state index in [1.54, 1.807) is 12.4 Å². The van der Waals surface area contributed by atoms with E-state index in [0.29, 0.717) is 24.4 Å². The highest BCUT2D eigenvalue weighted by molar-refractivity contribution is 5.51. The van der Waals surface area contributed by atoms with E-state index in [2.05, 4.69) is 20.0 Å². The van der Waals surface area contributed by atoms with Crippen LogP contribution in [0.2, 0.25) is 0 Å². The van der Waals surface area contributed by atoms with Crippen LogP contribution < -0.4 is 0 Å². The van der Waals surface area contributed by atoms with Crippen molar-refractivity contribution in [1.29, 1.82) is 0 Å². The van der Waals surface area contributed by atoms with Crippen molar-refractivity contribution in [3.63, 3.8) is 0 Å². The fraction of sp³-hybridized carbons (Fsp3) is 0.562. The third kappa shape index (κ3) is 2.64. The molecule has 1 saturated heterocycles. The second-order valence-electron chi connectivity index (χ2n) is 5.96. The summed E-state index contributed by atoms with van der Waals surface area (Å²) in [5, 5.41) is 4.11. The molecular weight excluding hydrogens is 280 g/mol. The number of hydrogen-bond acceptors (Lipinski definition) is 6. The second-order valence-corrected chi connectivity index (χ2v) is 5.96. The van der Waals surface area contributed by atoms with E-state index in [4.69, 9.17) is 9.26 Å². The molecule has 0 bridgehead atoms. The van der Waals surface area contributed by atoms with Crippen molar-refractivity contribution in [1.82, 2.24) is 20.0 Å². The van der Waals surface area contributed by atoms with Crippen molar-refractivity contribution < 1.29 is 9.26 Å². The molecule has 3 heterocycles. The minimum atomic E-state index is 0.0785. The van der Waals surface area contributed by atoms with Gasteiger partial charge in [-0.3, -0.25) is 9.88 Å². The Morgan fingerprint density at radius 2 is 2.14 bits per heavy atom. The largest absolute Gasteiger partial charge is 0.378 e. The summed E-state index contributed by atoms with van der Waals surface area (Å²) in [7, 11) is 0. The topological polar surface area (TPSA) is 64.3 Å². The van der Waals surface area contributed by atoms with Crippen LogP contribution in [0.5, 0.6) is 0 Å². The van der Waals surface area contributed by atoms with Gasteiger partial charge >= 0.3 is 0 Å². The monoisotopic (exact) mass is 300 g/mol. The highest BCUT2D eigenvalue weighted by Crippen LogP contribution is 2.33. The highest BCUT2D eigenvalue weighted by Gasteiger charge is 2.35. The van der Waals surface area contributed by atoms with E-state index in [1.165, 1.54) is 25.7 Å². The average molecular weight is 300 g/mol. The summed E-state index contributed by atoms with van der Waals surface area (Å²) in [4.78, 5) is 11.2. The van der Waals surface area contributed by atoms with E-state index >= 15 is 0 Å². The van der Waals surface area contributed by atoms with Gasteiger partial charge < -0.3 is 9.26 Å². The normalized spacial score (nSPS) is 23.9. The van der Waals surface area contributed by atoms with Crippen LogP contribution in [0.25, 0.3) is 11.4 Å². The molecule has 2 fully saturated rings. The Bertz CT molecular complexity index is 610. The maximum atomic E-state index is 5.66. The van der Waals surface area contributed by atoms with Gasteiger partial charge in [0.2, 0.25) is 11.7 Å². The van der Waals surface area contributed by atoms with Gasteiger partial charge in [0.25, 0.3) is 0 Å². The number of pyridine rings is 1. The van der Waals surface area contributed by atoms with E-state index in [9.17, 15) is 0 Å². The van der Waals surface area contributed by atoms with Crippen molar-refractivity contribution >= 4 is 0 Å². The molecule has 0 spiro atoms. The van der Waals surface area contributed by atoms with Gasteiger partial charge in [0.15, 0.2) is 0 Å². The van der Waals surface area contributed by atoms with E-state index < -0.39 is 0 Å². The number of nitrogens with zero attached hydrogens (tertiary/aromatic N) is 4. The Morgan fingerprint density at radius 1 is 1.23 bits per heavy atom. The van der Waals surface area contributed by atoms with Gasteiger partial charge in [-0.25, -0.2) is 0 Å². The van der Waals surface area contributed by atoms with Gasteiger partial charge in [-0.2, -0.15) is 4.98 Å². The predicted molar refractivity (Wildman–Crippen MR) is 80.1 cm³/mol. The first-order chi connectivity index (χ1) is 10.9. The second kappa shape index (κ2) is 6.14. The minimum absolute atomic E-state index is 0.0785. The lowest BCUT2D eigenvalue weighted by Gasteiger charge is -2.37. The molecular formula is C16H20N4O2. The smallest absolute Gasteiger partial charge is 0.246 e. The van der Waals surface area contributed by atoms with Crippen LogP contribution in [-0.4, -0.2) is 45.8 Å². The van der Waals surface area contributed by atoms with E-state index in [0.717, 1.165) is 18.7 Å². The molecule has 6 nitrogen and oxygen atoms in total. The molecule has 116 valence electrons. The SMILES string of the molecule is c1cncc(-c2noc([C@@H]3COCCN3C3CCCC3)n2)c1. The van der Waals surface area contributed by atoms with Gasteiger partial charge in [0, 0.05) is 30.5 Å². The van der Waals surface area contributed by atoms with Gasteiger partial charge in [-0.1, -0.05) is 18.0 Å². The number of aromatic nitrogens is 3. The van der Waals surface area contributed by atoms with Crippen LogP contribution in [0.3, 0.4) is 0 Å². The maximum Gasteiger partial charge on any atom is 0.246 e. The fourth-order valence-electron chi connectivity index (χ4n) is 3.49. The van der Waals surface area contributed by atoms with Crippen LogP contribution >= 0.6 is 0 Å². The molecule has 0 radical (unpaired) electrons. The van der Waals surface area contributed by atoms with Crippen molar-refractivity contribution in [2.24, 2.45) is 0 Å². The lowest BCUT2D eigenvalue weighted by molar-refractivity contribution is -0.0397. The zero-order valence-corrected chi connectivity index (χ0v) is 12.5. The molecule has 22 heavy (non-hydrogen) atoms. The highest BCUT2D eigenvalue weighted by atomic mass is 16.5. The Hall–Kier alpha value is -1.79. The standard InChI is InChI=1S/C16H20N4O2/c1-2-6-13(5-1)20-8-9-21-11-14(20)16-18-15(19-22-16)12-4-3-7-17-10-12/h3-4,7,10,13-14H,1-2,5-6,8-9,11H2/t14-/m0/s1. The van der Waals surface area contributed by atoms with Crippen molar-refractivity contribution in [3.05, 3.63) is 30.4 Å². The third-order valence-electron chi connectivity index (χ3n) is 4.61. The summed E-state index contributed by atoms with van der Waals surface area (Å²) in [6.45, 7) is 2.36. The molecule has 2 aromatic heterocycles. The van der Waals surface area contributed by atoms with Crippen LogP contribution in [0.15, 0.2) is 29.0 Å². The zero-order valence-electron chi connectivity index (χ0n) is 12.5. The Balaban J connectivity index is 1.58. The first-order valence-corrected chi connectivity index (χ1v) is 7.99. The molecule has 0 amide bonds. The van der Waals surface area contributed by atoms with E-state index in [-0.39, 0.29) is 6.04 Å². The van der Waals surface area contributed by atoms with E-state index in [1.807, 2.05) is 12.1 Å². The van der Waals surface area contributed by atoms with Crippen molar-refractivity contribution in [2.45, 2.75) is 37.8 Å². The lowest BCUT2D eigenvalue weighted by atomic mass is 10.1. The summed E-state index contributed by atoms with van der Waals surface area (Å²) >= 11 is 0. The summed E-state index contributed by atoms with van der Waals surface area (Å²) in [6.07, 6.45) is 8.65. The number of morpholine rings is 1. The number of hydrogen-bond donors (Lipinski definition) is 0. The number of ether oxygens (including phenoxy) is 1. The molecule has 2 aromatic rings.